The van der Waals surface area contributed by atoms with Crippen LogP contribution in [-0.4, -0.2) is 25.4 Å². The molecule has 0 heterocycles. The standard InChI is InChI=1S/C15H24N2O2/c1-19-14-9-12(5-6-13(14)16)17-10-15(11-18)7-3-2-4-8-15/h5-6,9,17-18H,2-4,7-8,10-11,16H2,1H3. The molecule has 1 aromatic rings. The van der Waals surface area contributed by atoms with Crippen molar-refractivity contribution in [1.29, 1.82) is 0 Å². The van der Waals surface area contributed by atoms with Gasteiger partial charge in [-0.05, 0) is 25.0 Å². The van der Waals surface area contributed by atoms with E-state index < -0.39 is 0 Å². The van der Waals surface area contributed by atoms with Crippen molar-refractivity contribution >= 4 is 11.4 Å². The van der Waals surface area contributed by atoms with E-state index >= 15 is 0 Å². The number of nitrogen functional groups attached to an aromatic ring is 1. The molecule has 1 saturated carbocycles. The van der Waals surface area contributed by atoms with Gasteiger partial charge in [-0.25, -0.2) is 0 Å². The minimum atomic E-state index is 0.0346. The van der Waals surface area contributed by atoms with Gasteiger partial charge in [-0.3, -0.25) is 0 Å². The molecule has 106 valence electrons. The van der Waals surface area contributed by atoms with Crippen molar-refractivity contribution in [3.05, 3.63) is 18.2 Å². The summed E-state index contributed by atoms with van der Waals surface area (Å²) in [6, 6.07) is 5.70. The van der Waals surface area contributed by atoms with Gasteiger partial charge in [-0.15, -0.1) is 0 Å². The minimum Gasteiger partial charge on any atom is -0.495 e. The lowest BCUT2D eigenvalue weighted by atomic mass is 9.74. The van der Waals surface area contributed by atoms with Crippen LogP contribution in [0.5, 0.6) is 5.75 Å². The van der Waals surface area contributed by atoms with E-state index in [1.807, 2.05) is 18.2 Å². The van der Waals surface area contributed by atoms with Crippen molar-refractivity contribution in [2.45, 2.75) is 32.1 Å². The average molecular weight is 264 g/mol. The molecule has 0 aromatic heterocycles. The maximum Gasteiger partial charge on any atom is 0.143 e. The minimum absolute atomic E-state index is 0.0346. The Kier molecular flexibility index (Phi) is 4.53. The highest BCUT2D eigenvalue weighted by molar-refractivity contribution is 5.61. The second kappa shape index (κ2) is 6.15. The van der Waals surface area contributed by atoms with E-state index in [2.05, 4.69) is 5.32 Å². The van der Waals surface area contributed by atoms with Crippen LogP contribution in [0, 0.1) is 5.41 Å². The van der Waals surface area contributed by atoms with Crippen LogP contribution in [0.4, 0.5) is 11.4 Å². The summed E-state index contributed by atoms with van der Waals surface area (Å²) in [4.78, 5) is 0. The molecule has 1 aromatic carbocycles. The molecule has 1 aliphatic carbocycles. The molecule has 0 spiro atoms. The van der Waals surface area contributed by atoms with Crippen LogP contribution >= 0.6 is 0 Å². The first-order valence-electron chi connectivity index (χ1n) is 6.97. The lowest BCUT2D eigenvalue weighted by Gasteiger charge is -2.36. The molecule has 0 bridgehead atoms. The van der Waals surface area contributed by atoms with E-state index in [1.54, 1.807) is 7.11 Å². The summed E-state index contributed by atoms with van der Waals surface area (Å²) in [5, 5.41) is 13.1. The molecule has 0 atom stereocenters. The van der Waals surface area contributed by atoms with E-state index in [4.69, 9.17) is 10.5 Å². The summed E-state index contributed by atoms with van der Waals surface area (Å²) >= 11 is 0. The third kappa shape index (κ3) is 3.32. The molecule has 0 saturated heterocycles. The number of hydrogen-bond acceptors (Lipinski definition) is 4. The molecule has 19 heavy (non-hydrogen) atoms. The third-order valence-electron chi connectivity index (χ3n) is 4.15. The molecule has 1 fully saturated rings. The number of hydrogen-bond donors (Lipinski definition) is 3. The smallest absolute Gasteiger partial charge is 0.143 e. The molecule has 1 aliphatic rings. The van der Waals surface area contributed by atoms with Crippen molar-refractivity contribution in [2.24, 2.45) is 5.41 Å². The number of methoxy groups -OCH3 is 1. The van der Waals surface area contributed by atoms with Crippen LogP contribution < -0.4 is 15.8 Å². The highest BCUT2D eigenvalue weighted by atomic mass is 16.5. The lowest BCUT2D eigenvalue weighted by molar-refractivity contribution is 0.0944. The molecule has 4 nitrogen and oxygen atoms in total. The van der Waals surface area contributed by atoms with E-state index in [0.717, 1.165) is 25.1 Å². The van der Waals surface area contributed by atoms with Gasteiger partial charge < -0.3 is 20.9 Å². The fourth-order valence-corrected chi connectivity index (χ4v) is 2.80. The molecule has 4 N–H and O–H groups in total. The number of nitrogens with one attached hydrogen (secondary N) is 1. The summed E-state index contributed by atoms with van der Waals surface area (Å²) in [5.74, 6) is 0.687. The van der Waals surface area contributed by atoms with Crippen LogP contribution in [0.2, 0.25) is 0 Å². The van der Waals surface area contributed by atoms with Crippen molar-refractivity contribution in [2.75, 3.05) is 31.3 Å². The zero-order valence-electron chi connectivity index (χ0n) is 11.6. The van der Waals surface area contributed by atoms with Gasteiger partial charge in [0.1, 0.15) is 5.75 Å². The molecular weight excluding hydrogens is 240 g/mol. The summed E-state index contributed by atoms with van der Waals surface area (Å²) in [6.07, 6.45) is 5.92. The van der Waals surface area contributed by atoms with Gasteiger partial charge >= 0.3 is 0 Å². The topological polar surface area (TPSA) is 67.5 Å². The van der Waals surface area contributed by atoms with E-state index in [1.165, 1.54) is 19.3 Å². The van der Waals surface area contributed by atoms with E-state index in [9.17, 15) is 5.11 Å². The molecule has 0 radical (unpaired) electrons. The Morgan fingerprint density at radius 3 is 2.68 bits per heavy atom. The van der Waals surface area contributed by atoms with Gasteiger partial charge in [-0.2, -0.15) is 0 Å². The maximum absolute atomic E-state index is 9.68. The van der Waals surface area contributed by atoms with Crippen LogP contribution in [0.15, 0.2) is 18.2 Å². The predicted molar refractivity (Wildman–Crippen MR) is 78.5 cm³/mol. The van der Waals surface area contributed by atoms with E-state index in [0.29, 0.717) is 11.4 Å². The number of ether oxygens (including phenoxy) is 1. The monoisotopic (exact) mass is 264 g/mol. The van der Waals surface area contributed by atoms with Crippen molar-refractivity contribution in [3.8, 4) is 5.75 Å². The molecule has 4 heteroatoms. The quantitative estimate of drug-likeness (QED) is 0.715. The fraction of sp³-hybridized carbons (Fsp3) is 0.600. The second-order valence-electron chi connectivity index (χ2n) is 5.53. The zero-order chi connectivity index (χ0) is 13.7. The van der Waals surface area contributed by atoms with Gasteiger partial charge in [0.15, 0.2) is 0 Å². The van der Waals surface area contributed by atoms with Gasteiger partial charge in [0.2, 0.25) is 0 Å². The zero-order valence-corrected chi connectivity index (χ0v) is 11.6. The molecule has 0 aliphatic heterocycles. The molecular formula is C15H24N2O2. The Balaban J connectivity index is 2.00. The maximum atomic E-state index is 9.68. The highest BCUT2D eigenvalue weighted by Gasteiger charge is 2.31. The number of benzene rings is 1. The Morgan fingerprint density at radius 2 is 2.05 bits per heavy atom. The van der Waals surface area contributed by atoms with Crippen LogP contribution in [0.25, 0.3) is 0 Å². The number of nitrogens with two attached hydrogens (primary N) is 1. The van der Waals surface area contributed by atoms with Gasteiger partial charge in [0.25, 0.3) is 0 Å². The number of anilines is 2. The van der Waals surface area contributed by atoms with Crippen molar-refractivity contribution in [3.63, 3.8) is 0 Å². The summed E-state index contributed by atoms with van der Waals surface area (Å²) in [6.45, 7) is 1.06. The molecule has 2 rings (SSSR count). The number of rotatable bonds is 5. The fourth-order valence-electron chi connectivity index (χ4n) is 2.80. The highest BCUT2D eigenvalue weighted by Crippen LogP contribution is 2.36. The Labute approximate surface area is 115 Å². The van der Waals surface area contributed by atoms with E-state index in [-0.39, 0.29) is 12.0 Å². The summed E-state index contributed by atoms with van der Waals surface area (Å²) in [7, 11) is 1.62. The first-order chi connectivity index (χ1) is 9.19. The van der Waals surface area contributed by atoms with Crippen LogP contribution in [-0.2, 0) is 0 Å². The van der Waals surface area contributed by atoms with Gasteiger partial charge in [0, 0.05) is 23.7 Å². The Hall–Kier alpha value is -1.42. The van der Waals surface area contributed by atoms with Crippen LogP contribution in [0.3, 0.4) is 0 Å². The van der Waals surface area contributed by atoms with Gasteiger partial charge in [-0.1, -0.05) is 19.3 Å². The Bertz CT molecular complexity index is 415. The first kappa shape index (κ1) is 14.0. The number of aliphatic hydroxyl groups excluding tert-OH is 1. The largest absolute Gasteiger partial charge is 0.495 e. The SMILES string of the molecule is COc1cc(NCC2(CO)CCCCC2)ccc1N. The van der Waals surface area contributed by atoms with Crippen molar-refractivity contribution < 1.29 is 9.84 Å². The average Bonchev–Trinajstić information content (AvgIpc) is 2.47. The lowest BCUT2D eigenvalue weighted by Crippen LogP contribution is -2.35. The first-order valence-corrected chi connectivity index (χ1v) is 6.97. The summed E-state index contributed by atoms with van der Waals surface area (Å²) in [5.41, 5.74) is 7.46. The normalized spacial score (nSPS) is 18.0. The second-order valence-corrected chi connectivity index (χ2v) is 5.53. The predicted octanol–water partition coefficient (Wildman–Crippen LogP) is 2.63. The molecule has 0 amide bonds. The summed E-state index contributed by atoms with van der Waals surface area (Å²) < 4.78 is 5.21. The van der Waals surface area contributed by atoms with Crippen molar-refractivity contribution in [1.82, 2.24) is 0 Å². The third-order valence-corrected chi connectivity index (χ3v) is 4.15. The van der Waals surface area contributed by atoms with Crippen LogP contribution in [0.1, 0.15) is 32.1 Å². The molecule has 0 unspecified atom stereocenters. The Morgan fingerprint density at radius 1 is 1.32 bits per heavy atom. The van der Waals surface area contributed by atoms with Gasteiger partial charge in [0.05, 0.1) is 19.4 Å². The number of aliphatic hydroxyl groups is 1.